The molecular weight excluding hydrogens is 322 g/mol. The summed E-state index contributed by atoms with van der Waals surface area (Å²) in [4.78, 5) is 28.4. The van der Waals surface area contributed by atoms with Crippen molar-refractivity contribution in [2.45, 2.75) is 18.8 Å². The van der Waals surface area contributed by atoms with Gasteiger partial charge in [-0.15, -0.1) is 0 Å². The van der Waals surface area contributed by atoms with Crippen molar-refractivity contribution in [1.29, 1.82) is 0 Å². The van der Waals surface area contributed by atoms with Crippen LogP contribution in [-0.2, 0) is 0 Å². The van der Waals surface area contributed by atoms with Crippen molar-refractivity contribution in [3.05, 3.63) is 30.7 Å². The van der Waals surface area contributed by atoms with Crippen LogP contribution in [0, 0.1) is 0 Å². The minimum Gasteiger partial charge on any atom is -0.339 e. The largest absolute Gasteiger partial charge is 0.339 e. The molecule has 0 unspecified atom stereocenters. The average molecular weight is 341 g/mol. The molecule has 1 fully saturated rings. The highest BCUT2D eigenvalue weighted by Gasteiger charge is 2.28. The third-order valence-electron chi connectivity index (χ3n) is 4.49. The number of amides is 2. The number of carbonyl (C=O) groups excluding carboxylic acids is 1. The molecule has 0 saturated carbocycles. The highest BCUT2D eigenvalue weighted by Crippen LogP contribution is 2.28. The monoisotopic (exact) mass is 341 g/mol. The van der Waals surface area contributed by atoms with E-state index in [1.807, 2.05) is 15.5 Å². The van der Waals surface area contributed by atoms with Crippen molar-refractivity contribution in [2.24, 2.45) is 0 Å². The van der Waals surface area contributed by atoms with Gasteiger partial charge in [-0.3, -0.25) is 9.38 Å². The Labute approximate surface area is 144 Å². The molecule has 9 heteroatoms. The molecular formula is C16H19N7O2. The third kappa shape index (κ3) is 2.81. The van der Waals surface area contributed by atoms with Crippen LogP contribution in [0.15, 0.2) is 29.3 Å². The molecule has 2 amide bonds. The summed E-state index contributed by atoms with van der Waals surface area (Å²) < 4.78 is 7.36. The van der Waals surface area contributed by atoms with E-state index in [-0.39, 0.29) is 11.9 Å². The Balaban J connectivity index is 1.50. The number of urea groups is 1. The maximum absolute atomic E-state index is 12.0. The van der Waals surface area contributed by atoms with Gasteiger partial charge < -0.3 is 14.3 Å². The van der Waals surface area contributed by atoms with E-state index in [0.29, 0.717) is 24.8 Å². The highest BCUT2D eigenvalue weighted by atomic mass is 16.5. The molecule has 9 nitrogen and oxygen atoms in total. The maximum Gasteiger partial charge on any atom is 0.319 e. The molecule has 0 atom stereocenters. The van der Waals surface area contributed by atoms with Gasteiger partial charge in [0.05, 0.1) is 12.4 Å². The zero-order valence-electron chi connectivity index (χ0n) is 14.2. The van der Waals surface area contributed by atoms with E-state index >= 15 is 0 Å². The summed E-state index contributed by atoms with van der Waals surface area (Å²) >= 11 is 0. The normalized spacial score (nSPS) is 15.7. The second-order valence-electron chi connectivity index (χ2n) is 6.34. The van der Waals surface area contributed by atoms with Crippen LogP contribution >= 0.6 is 0 Å². The molecule has 25 heavy (non-hydrogen) atoms. The lowest BCUT2D eigenvalue weighted by molar-refractivity contribution is 0.152. The van der Waals surface area contributed by atoms with E-state index in [2.05, 4.69) is 20.1 Å². The number of hydrogen-bond acceptors (Lipinski definition) is 6. The van der Waals surface area contributed by atoms with Gasteiger partial charge in [-0.2, -0.15) is 4.98 Å². The van der Waals surface area contributed by atoms with Crippen LogP contribution in [-0.4, -0.2) is 67.5 Å². The van der Waals surface area contributed by atoms with E-state index in [1.165, 1.54) is 0 Å². The molecule has 3 aromatic heterocycles. The first-order chi connectivity index (χ1) is 12.1. The Kier molecular flexibility index (Phi) is 3.83. The Bertz CT molecular complexity index is 893. The van der Waals surface area contributed by atoms with Gasteiger partial charge in [0.2, 0.25) is 11.7 Å². The van der Waals surface area contributed by atoms with E-state index in [4.69, 9.17) is 4.52 Å². The first kappa shape index (κ1) is 15.6. The van der Waals surface area contributed by atoms with E-state index in [0.717, 1.165) is 24.2 Å². The summed E-state index contributed by atoms with van der Waals surface area (Å²) in [7, 11) is 3.54. The van der Waals surface area contributed by atoms with Crippen molar-refractivity contribution in [3.63, 3.8) is 0 Å². The summed E-state index contributed by atoms with van der Waals surface area (Å²) in [5.41, 5.74) is 1.51. The zero-order chi connectivity index (χ0) is 17.4. The lowest BCUT2D eigenvalue weighted by atomic mass is 9.97. The predicted octanol–water partition coefficient (Wildman–Crippen LogP) is 1.64. The second-order valence-corrected chi connectivity index (χ2v) is 6.34. The van der Waals surface area contributed by atoms with Gasteiger partial charge in [0, 0.05) is 45.5 Å². The van der Waals surface area contributed by atoms with Gasteiger partial charge in [0.15, 0.2) is 5.65 Å². The molecule has 0 aliphatic carbocycles. The molecule has 0 N–H and O–H groups in total. The minimum absolute atomic E-state index is 0.0454. The minimum atomic E-state index is 0.0454. The van der Waals surface area contributed by atoms with Gasteiger partial charge in [0.1, 0.15) is 5.69 Å². The number of fused-ring (bicyclic) bond motifs is 1. The Morgan fingerprint density at radius 1 is 1.28 bits per heavy atom. The SMILES string of the molecule is CN(C)C(=O)N1CCC(c2nc(-c3cnc4cnccn34)no2)CC1. The van der Waals surface area contributed by atoms with Crippen molar-refractivity contribution < 1.29 is 9.32 Å². The topological polar surface area (TPSA) is 92.7 Å². The predicted molar refractivity (Wildman–Crippen MR) is 88.9 cm³/mol. The quantitative estimate of drug-likeness (QED) is 0.703. The maximum atomic E-state index is 12.0. The van der Waals surface area contributed by atoms with Crippen LogP contribution in [0.3, 0.4) is 0 Å². The molecule has 4 heterocycles. The number of aromatic nitrogens is 5. The van der Waals surface area contributed by atoms with Gasteiger partial charge in [-0.05, 0) is 12.8 Å². The molecule has 0 aromatic carbocycles. The van der Waals surface area contributed by atoms with E-state index < -0.39 is 0 Å². The fourth-order valence-electron chi connectivity index (χ4n) is 3.11. The Morgan fingerprint density at radius 3 is 2.84 bits per heavy atom. The van der Waals surface area contributed by atoms with Gasteiger partial charge in [-0.25, -0.2) is 9.78 Å². The van der Waals surface area contributed by atoms with Crippen LogP contribution in [0.2, 0.25) is 0 Å². The first-order valence-corrected chi connectivity index (χ1v) is 8.21. The number of carbonyl (C=O) groups is 1. The van der Waals surface area contributed by atoms with Crippen LogP contribution in [0.5, 0.6) is 0 Å². The van der Waals surface area contributed by atoms with Crippen molar-refractivity contribution >= 4 is 11.7 Å². The van der Waals surface area contributed by atoms with Crippen LogP contribution in [0.1, 0.15) is 24.7 Å². The van der Waals surface area contributed by atoms with Crippen LogP contribution < -0.4 is 0 Å². The molecule has 0 radical (unpaired) electrons. The average Bonchev–Trinajstić information content (AvgIpc) is 3.28. The summed E-state index contributed by atoms with van der Waals surface area (Å²) in [6, 6.07) is 0.0454. The number of nitrogens with zero attached hydrogens (tertiary/aromatic N) is 7. The summed E-state index contributed by atoms with van der Waals surface area (Å²) in [6.07, 6.45) is 8.54. The number of imidazole rings is 1. The molecule has 3 aromatic rings. The van der Waals surface area contributed by atoms with Gasteiger partial charge >= 0.3 is 6.03 Å². The number of likely N-dealkylation sites (tertiary alicyclic amines) is 1. The van der Waals surface area contributed by atoms with Gasteiger partial charge in [-0.1, -0.05) is 5.16 Å². The molecule has 1 aliphatic heterocycles. The first-order valence-electron chi connectivity index (χ1n) is 8.21. The van der Waals surface area contributed by atoms with E-state index in [1.54, 1.807) is 37.6 Å². The van der Waals surface area contributed by atoms with Gasteiger partial charge in [0.25, 0.3) is 0 Å². The molecule has 4 rings (SSSR count). The summed E-state index contributed by atoms with van der Waals surface area (Å²) in [6.45, 7) is 1.39. The number of piperidine rings is 1. The molecule has 0 spiro atoms. The molecule has 1 saturated heterocycles. The zero-order valence-corrected chi connectivity index (χ0v) is 14.2. The van der Waals surface area contributed by atoms with Crippen molar-refractivity contribution in [2.75, 3.05) is 27.2 Å². The lowest BCUT2D eigenvalue weighted by Gasteiger charge is -2.32. The number of hydrogen-bond donors (Lipinski definition) is 0. The summed E-state index contributed by atoms with van der Waals surface area (Å²) in [5.74, 6) is 1.31. The van der Waals surface area contributed by atoms with Crippen molar-refractivity contribution in [3.8, 4) is 11.5 Å². The fourth-order valence-corrected chi connectivity index (χ4v) is 3.11. The highest BCUT2D eigenvalue weighted by molar-refractivity contribution is 5.73. The molecule has 130 valence electrons. The van der Waals surface area contributed by atoms with E-state index in [9.17, 15) is 4.79 Å². The second kappa shape index (κ2) is 6.15. The standard InChI is InChI=1S/C16H19N7O2/c1-21(2)16(24)22-6-3-11(4-7-22)15-19-14(20-25-15)12-9-18-13-10-17-5-8-23(12)13/h5,8-11H,3-4,6-7H2,1-2H3. The van der Waals surface area contributed by atoms with Crippen LogP contribution in [0.25, 0.3) is 17.2 Å². The summed E-state index contributed by atoms with van der Waals surface area (Å²) in [5, 5.41) is 4.11. The number of rotatable bonds is 2. The molecule has 1 aliphatic rings. The van der Waals surface area contributed by atoms with Crippen LogP contribution in [0.4, 0.5) is 4.79 Å². The lowest BCUT2D eigenvalue weighted by Crippen LogP contribution is -2.43. The Hall–Kier alpha value is -2.97. The van der Waals surface area contributed by atoms with Crippen molar-refractivity contribution in [1.82, 2.24) is 34.3 Å². The smallest absolute Gasteiger partial charge is 0.319 e. The third-order valence-corrected chi connectivity index (χ3v) is 4.49. The molecule has 0 bridgehead atoms. The fraction of sp³-hybridized carbons (Fsp3) is 0.438. The Morgan fingerprint density at radius 2 is 2.08 bits per heavy atom.